The highest BCUT2D eigenvalue weighted by molar-refractivity contribution is 6.25. The summed E-state index contributed by atoms with van der Waals surface area (Å²) in [7, 11) is 0. The molecular formula is C24H27F2N3O4. The van der Waals surface area contributed by atoms with Gasteiger partial charge in [-0.05, 0) is 44.6 Å². The van der Waals surface area contributed by atoms with Crippen molar-refractivity contribution in [1.29, 1.82) is 0 Å². The molecule has 176 valence electrons. The highest BCUT2D eigenvalue weighted by Crippen LogP contribution is 2.43. The van der Waals surface area contributed by atoms with E-state index in [1.54, 1.807) is 4.90 Å². The lowest BCUT2D eigenvalue weighted by molar-refractivity contribution is -0.149. The quantitative estimate of drug-likeness (QED) is 0.295. The van der Waals surface area contributed by atoms with E-state index in [1.807, 2.05) is 11.8 Å². The van der Waals surface area contributed by atoms with Crippen LogP contribution in [0.15, 0.2) is 41.8 Å². The Bertz CT molecular complexity index is 1050. The first-order valence-electron chi connectivity index (χ1n) is 11.2. The van der Waals surface area contributed by atoms with E-state index in [1.165, 1.54) is 6.07 Å². The molecule has 2 amide bonds. The number of hydrogen-bond donors (Lipinski definition) is 2. The van der Waals surface area contributed by atoms with Gasteiger partial charge in [0.2, 0.25) is 5.78 Å². The summed E-state index contributed by atoms with van der Waals surface area (Å²) in [6.07, 6.45) is 3.98. The van der Waals surface area contributed by atoms with E-state index < -0.39 is 40.6 Å². The summed E-state index contributed by atoms with van der Waals surface area (Å²) in [5.74, 6) is -4.36. The van der Waals surface area contributed by atoms with Crippen LogP contribution in [0.1, 0.15) is 38.2 Å². The minimum Gasteiger partial charge on any atom is -0.503 e. The third kappa shape index (κ3) is 4.12. The van der Waals surface area contributed by atoms with Crippen LogP contribution in [0.5, 0.6) is 0 Å². The van der Waals surface area contributed by atoms with Crippen molar-refractivity contribution in [1.82, 2.24) is 15.1 Å². The molecule has 2 bridgehead atoms. The SMILES string of the molecule is C=C(C(=O)NCc1ccc(F)cc1F)C(=O)/C(O)=C1/C(=O)N2C3CCC(CC3)[C@H]2CN1CC. The van der Waals surface area contributed by atoms with Gasteiger partial charge in [0.05, 0.1) is 11.6 Å². The van der Waals surface area contributed by atoms with Gasteiger partial charge < -0.3 is 20.2 Å². The van der Waals surface area contributed by atoms with Crippen LogP contribution in [0.2, 0.25) is 0 Å². The normalized spacial score (nSPS) is 25.5. The van der Waals surface area contributed by atoms with Gasteiger partial charge in [-0.2, -0.15) is 0 Å². The molecule has 33 heavy (non-hydrogen) atoms. The van der Waals surface area contributed by atoms with Crippen molar-refractivity contribution in [2.24, 2.45) is 5.92 Å². The van der Waals surface area contributed by atoms with E-state index in [-0.39, 0.29) is 29.9 Å². The molecule has 0 spiro atoms. The molecule has 1 saturated carbocycles. The molecule has 9 heteroatoms. The van der Waals surface area contributed by atoms with Crippen LogP contribution in [0.4, 0.5) is 8.78 Å². The molecule has 3 saturated heterocycles. The molecule has 2 N–H and O–H groups in total. The van der Waals surface area contributed by atoms with Crippen molar-refractivity contribution in [2.75, 3.05) is 13.1 Å². The number of ketones is 1. The average molecular weight is 459 g/mol. The number of aliphatic hydroxyl groups is 1. The summed E-state index contributed by atoms with van der Waals surface area (Å²) in [5, 5.41) is 13.1. The molecule has 1 aromatic carbocycles. The highest BCUT2D eigenvalue weighted by atomic mass is 19.1. The maximum atomic E-state index is 13.8. The highest BCUT2D eigenvalue weighted by Gasteiger charge is 2.50. The third-order valence-corrected chi connectivity index (χ3v) is 7.02. The number of benzene rings is 1. The van der Waals surface area contributed by atoms with Gasteiger partial charge in [-0.25, -0.2) is 8.78 Å². The molecule has 1 aliphatic carbocycles. The Morgan fingerprint density at radius 3 is 2.55 bits per heavy atom. The van der Waals surface area contributed by atoms with Crippen LogP contribution in [-0.2, 0) is 20.9 Å². The van der Waals surface area contributed by atoms with Gasteiger partial charge in [-0.3, -0.25) is 14.4 Å². The summed E-state index contributed by atoms with van der Waals surface area (Å²) in [6.45, 7) is 5.94. The molecule has 3 heterocycles. The number of halogens is 2. The number of allylic oxidation sites excluding steroid dienone is 1. The van der Waals surface area contributed by atoms with Gasteiger partial charge in [0.15, 0.2) is 5.76 Å². The third-order valence-electron chi connectivity index (χ3n) is 7.02. The molecule has 0 aromatic heterocycles. The Balaban J connectivity index is 1.51. The number of carbonyl (C=O) groups is 3. The van der Waals surface area contributed by atoms with Gasteiger partial charge in [-0.1, -0.05) is 12.6 Å². The van der Waals surface area contributed by atoms with Gasteiger partial charge in [0, 0.05) is 37.3 Å². The topological polar surface area (TPSA) is 89.9 Å². The standard InChI is InChI=1S/C24H27F2N3O4/c1-3-28-12-19-14-5-8-17(9-6-14)29(19)24(33)20(28)22(31)21(30)13(2)23(32)27-11-15-4-7-16(25)10-18(15)26/h4,7,10,14,17,19,31H,2-3,5-6,8-9,11-12H2,1H3,(H,27,32)/b22-20+/t14?,17?,19-/m1/s1. The van der Waals surface area contributed by atoms with Crippen molar-refractivity contribution in [2.45, 2.75) is 51.2 Å². The summed E-state index contributed by atoms with van der Waals surface area (Å²) < 4.78 is 26.8. The second-order valence-electron chi connectivity index (χ2n) is 8.81. The molecule has 4 aliphatic rings. The average Bonchev–Trinajstić information content (AvgIpc) is 2.82. The summed E-state index contributed by atoms with van der Waals surface area (Å²) in [4.78, 5) is 42.1. The first-order valence-corrected chi connectivity index (χ1v) is 11.2. The Kier molecular flexibility index (Phi) is 6.23. The smallest absolute Gasteiger partial charge is 0.274 e. The van der Waals surface area contributed by atoms with Crippen LogP contribution < -0.4 is 5.32 Å². The Morgan fingerprint density at radius 2 is 1.91 bits per heavy atom. The van der Waals surface area contributed by atoms with E-state index in [4.69, 9.17) is 0 Å². The summed E-state index contributed by atoms with van der Waals surface area (Å²) in [6, 6.07) is 3.08. The number of aliphatic hydroxyl groups excluding tert-OH is 1. The monoisotopic (exact) mass is 459 g/mol. The molecule has 5 rings (SSSR count). The second-order valence-corrected chi connectivity index (χ2v) is 8.81. The number of likely N-dealkylation sites (N-methyl/N-ethyl adjacent to an activating group) is 1. The van der Waals surface area contributed by atoms with Crippen molar-refractivity contribution < 1.29 is 28.3 Å². The fraction of sp³-hybridized carbons (Fsp3) is 0.458. The minimum absolute atomic E-state index is 0.0263. The van der Waals surface area contributed by atoms with Gasteiger partial charge >= 0.3 is 0 Å². The molecular weight excluding hydrogens is 432 g/mol. The van der Waals surface area contributed by atoms with Gasteiger partial charge in [0.25, 0.3) is 11.8 Å². The number of hydrogen-bond acceptors (Lipinski definition) is 5. The van der Waals surface area contributed by atoms with E-state index in [0.717, 1.165) is 31.7 Å². The number of carbonyl (C=O) groups excluding carboxylic acids is 3. The number of nitrogens with zero attached hydrogens (tertiary/aromatic N) is 2. The van der Waals surface area contributed by atoms with Crippen LogP contribution in [-0.4, -0.2) is 57.7 Å². The second kappa shape index (κ2) is 8.96. The van der Waals surface area contributed by atoms with Crippen molar-refractivity contribution in [3.05, 3.63) is 59.0 Å². The maximum absolute atomic E-state index is 13.8. The van der Waals surface area contributed by atoms with Crippen LogP contribution in [0.3, 0.4) is 0 Å². The van der Waals surface area contributed by atoms with Crippen molar-refractivity contribution in [3.63, 3.8) is 0 Å². The largest absolute Gasteiger partial charge is 0.503 e. The van der Waals surface area contributed by atoms with Crippen LogP contribution in [0, 0.1) is 17.6 Å². The Morgan fingerprint density at radius 1 is 1.21 bits per heavy atom. The first kappa shape index (κ1) is 22.9. The lowest BCUT2D eigenvalue weighted by Crippen LogP contribution is -2.65. The minimum atomic E-state index is -1.06. The van der Waals surface area contributed by atoms with Crippen molar-refractivity contribution >= 4 is 17.6 Å². The lowest BCUT2D eigenvalue weighted by atomic mass is 9.73. The van der Waals surface area contributed by atoms with Crippen LogP contribution in [0.25, 0.3) is 0 Å². The zero-order valence-corrected chi connectivity index (χ0v) is 18.4. The number of Topliss-reactive ketones (excluding diaryl/α,β-unsaturated/α-hetero) is 1. The number of amides is 2. The van der Waals surface area contributed by atoms with Crippen LogP contribution >= 0.6 is 0 Å². The number of nitrogens with one attached hydrogen (secondary N) is 1. The molecule has 1 aromatic rings. The predicted molar refractivity (Wildman–Crippen MR) is 116 cm³/mol. The maximum Gasteiger partial charge on any atom is 0.274 e. The van der Waals surface area contributed by atoms with E-state index >= 15 is 0 Å². The molecule has 1 atom stereocenters. The fourth-order valence-corrected chi connectivity index (χ4v) is 5.23. The molecule has 4 fully saturated rings. The summed E-state index contributed by atoms with van der Waals surface area (Å²) >= 11 is 0. The van der Waals surface area contributed by atoms with Crippen molar-refractivity contribution in [3.8, 4) is 0 Å². The van der Waals surface area contributed by atoms with Gasteiger partial charge in [-0.15, -0.1) is 0 Å². The molecule has 7 nitrogen and oxygen atoms in total. The predicted octanol–water partition coefficient (Wildman–Crippen LogP) is 2.58. The zero-order valence-electron chi connectivity index (χ0n) is 18.4. The number of piperazine rings is 1. The molecule has 0 radical (unpaired) electrons. The van der Waals surface area contributed by atoms with E-state index in [9.17, 15) is 28.3 Å². The lowest BCUT2D eigenvalue weighted by Gasteiger charge is -2.56. The fourth-order valence-electron chi connectivity index (χ4n) is 5.23. The Labute approximate surface area is 190 Å². The summed E-state index contributed by atoms with van der Waals surface area (Å²) in [5.41, 5.74) is -0.656. The van der Waals surface area contributed by atoms with Gasteiger partial charge in [0.1, 0.15) is 17.3 Å². The number of piperidine rings is 2. The number of fused-ring (bicyclic) bond motifs is 2. The zero-order chi connectivity index (χ0) is 23.9. The molecule has 0 unspecified atom stereocenters. The number of rotatable bonds is 6. The van der Waals surface area contributed by atoms with E-state index in [2.05, 4.69) is 11.9 Å². The first-order chi connectivity index (χ1) is 15.7. The van der Waals surface area contributed by atoms with E-state index in [0.29, 0.717) is 25.1 Å². The molecule has 3 aliphatic heterocycles. The Hall–Kier alpha value is -3.23.